The van der Waals surface area contributed by atoms with E-state index in [-0.39, 0.29) is 11.8 Å². The third-order valence-electron chi connectivity index (χ3n) is 7.07. The highest BCUT2D eigenvalue weighted by molar-refractivity contribution is 7.10. The standard InChI is InChI=1S/C27H30N6O2S/c34-24(18-22-8-4-17-36-22)31-11-5-12-32(14-13-31)26-23-19-28-33(21-6-2-1-3-7-21)27(23)30-25(29-26)20-9-15-35-16-10-20/h1-4,6-8,17,19-20H,5,9-16,18H2. The lowest BCUT2D eigenvalue weighted by molar-refractivity contribution is -0.130. The van der Waals surface area contributed by atoms with Crippen LogP contribution >= 0.6 is 11.3 Å². The largest absolute Gasteiger partial charge is 0.381 e. The molecule has 6 rings (SSSR count). The minimum absolute atomic E-state index is 0.201. The Morgan fingerprint density at radius 3 is 2.67 bits per heavy atom. The van der Waals surface area contributed by atoms with Gasteiger partial charge in [0.15, 0.2) is 5.65 Å². The van der Waals surface area contributed by atoms with Gasteiger partial charge in [-0.1, -0.05) is 24.3 Å². The molecule has 1 amide bonds. The average Bonchev–Trinajstić information content (AvgIpc) is 3.53. The molecule has 2 fully saturated rings. The van der Waals surface area contributed by atoms with Gasteiger partial charge in [0.2, 0.25) is 5.91 Å². The number of fused-ring (bicyclic) bond motifs is 1. The van der Waals surface area contributed by atoms with Crippen LogP contribution in [0.5, 0.6) is 0 Å². The zero-order valence-electron chi connectivity index (χ0n) is 20.3. The van der Waals surface area contributed by atoms with Crippen molar-refractivity contribution < 1.29 is 9.53 Å². The molecule has 9 heteroatoms. The molecule has 1 aromatic carbocycles. The summed E-state index contributed by atoms with van der Waals surface area (Å²) in [5, 5.41) is 7.69. The predicted octanol–water partition coefficient (Wildman–Crippen LogP) is 4.05. The predicted molar refractivity (Wildman–Crippen MR) is 141 cm³/mol. The van der Waals surface area contributed by atoms with Gasteiger partial charge in [-0.3, -0.25) is 4.79 Å². The van der Waals surface area contributed by atoms with Crippen molar-refractivity contribution in [3.05, 3.63) is 64.7 Å². The summed E-state index contributed by atoms with van der Waals surface area (Å²) in [6, 6.07) is 14.2. The minimum Gasteiger partial charge on any atom is -0.381 e. The number of carbonyl (C=O) groups is 1. The number of nitrogens with zero attached hydrogens (tertiary/aromatic N) is 6. The van der Waals surface area contributed by atoms with Crippen LogP contribution in [0.2, 0.25) is 0 Å². The number of benzene rings is 1. The fourth-order valence-electron chi connectivity index (χ4n) is 5.10. The molecule has 5 heterocycles. The molecule has 36 heavy (non-hydrogen) atoms. The molecule has 2 aliphatic heterocycles. The molecule has 0 spiro atoms. The van der Waals surface area contributed by atoms with Crippen molar-refractivity contribution in [2.45, 2.75) is 31.6 Å². The molecule has 2 aliphatic rings. The van der Waals surface area contributed by atoms with Crippen LogP contribution in [0.3, 0.4) is 0 Å². The highest BCUT2D eigenvalue weighted by atomic mass is 32.1. The van der Waals surface area contributed by atoms with Crippen LogP contribution in [0.25, 0.3) is 16.7 Å². The van der Waals surface area contributed by atoms with E-state index in [2.05, 4.69) is 4.90 Å². The molecule has 0 atom stereocenters. The van der Waals surface area contributed by atoms with Gasteiger partial charge in [-0.2, -0.15) is 5.10 Å². The Labute approximate surface area is 214 Å². The van der Waals surface area contributed by atoms with E-state index in [1.807, 2.05) is 63.6 Å². The van der Waals surface area contributed by atoms with E-state index < -0.39 is 0 Å². The summed E-state index contributed by atoms with van der Waals surface area (Å²) in [6.45, 7) is 4.53. The topological polar surface area (TPSA) is 76.4 Å². The molecular weight excluding hydrogens is 472 g/mol. The second-order valence-corrected chi connectivity index (χ2v) is 10.4. The van der Waals surface area contributed by atoms with Crippen molar-refractivity contribution >= 4 is 34.1 Å². The molecule has 8 nitrogen and oxygen atoms in total. The third kappa shape index (κ3) is 4.73. The lowest BCUT2D eigenvalue weighted by atomic mass is 9.99. The molecule has 0 bridgehead atoms. The molecule has 0 unspecified atom stereocenters. The molecule has 3 aromatic heterocycles. The minimum atomic E-state index is 0.201. The Bertz CT molecular complexity index is 1320. The summed E-state index contributed by atoms with van der Waals surface area (Å²) in [5.41, 5.74) is 1.82. The molecule has 186 valence electrons. The van der Waals surface area contributed by atoms with Crippen LogP contribution in [0, 0.1) is 0 Å². The summed E-state index contributed by atoms with van der Waals surface area (Å²) >= 11 is 1.64. The molecule has 4 aromatic rings. The van der Waals surface area contributed by atoms with E-state index in [0.717, 1.165) is 85.4 Å². The van der Waals surface area contributed by atoms with E-state index in [4.69, 9.17) is 19.8 Å². The first kappa shape index (κ1) is 23.1. The molecule has 0 saturated carbocycles. The van der Waals surface area contributed by atoms with Gasteiger partial charge in [-0.15, -0.1) is 11.3 Å². The maximum Gasteiger partial charge on any atom is 0.227 e. The van der Waals surface area contributed by atoms with Gasteiger partial charge in [0.05, 0.1) is 23.7 Å². The number of anilines is 1. The summed E-state index contributed by atoms with van der Waals surface area (Å²) in [4.78, 5) is 28.6. The van der Waals surface area contributed by atoms with Crippen molar-refractivity contribution in [1.82, 2.24) is 24.6 Å². The van der Waals surface area contributed by atoms with E-state index in [9.17, 15) is 4.79 Å². The Balaban J connectivity index is 1.32. The number of hydrogen-bond donors (Lipinski definition) is 0. The normalized spacial score (nSPS) is 17.4. The molecular formula is C27H30N6O2S. The van der Waals surface area contributed by atoms with Crippen molar-refractivity contribution in [3.8, 4) is 5.69 Å². The van der Waals surface area contributed by atoms with E-state index >= 15 is 0 Å². The fourth-order valence-corrected chi connectivity index (χ4v) is 5.80. The molecule has 0 N–H and O–H groups in total. The molecule has 0 radical (unpaired) electrons. The molecule has 2 saturated heterocycles. The van der Waals surface area contributed by atoms with Crippen molar-refractivity contribution in [1.29, 1.82) is 0 Å². The third-order valence-corrected chi connectivity index (χ3v) is 7.94. The van der Waals surface area contributed by atoms with Crippen molar-refractivity contribution in [2.24, 2.45) is 0 Å². The first-order valence-corrected chi connectivity index (χ1v) is 13.6. The zero-order valence-corrected chi connectivity index (χ0v) is 21.1. The van der Waals surface area contributed by atoms with E-state index in [1.165, 1.54) is 0 Å². The maximum atomic E-state index is 13.0. The summed E-state index contributed by atoms with van der Waals surface area (Å²) in [5.74, 6) is 2.27. The van der Waals surface area contributed by atoms with Crippen LogP contribution < -0.4 is 4.90 Å². The lowest BCUT2D eigenvalue weighted by Gasteiger charge is -2.26. The van der Waals surface area contributed by atoms with Crippen LogP contribution in [-0.2, 0) is 16.0 Å². The number of rotatable bonds is 5. The van der Waals surface area contributed by atoms with Gasteiger partial charge in [0.25, 0.3) is 0 Å². The Morgan fingerprint density at radius 1 is 1.00 bits per heavy atom. The summed E-state index contributed by atoms with van der Waals surface area (Å²) in [7, 11) is 0. The Kier molecular flexibility index (Phi) is 6.65. The van der Waals surface area contributed by atoms with Crippen LogP contribution in [0.4, 0.5) is 5.82 Å². The monoisotopic (exact) mass is 502 g/mol. The maximum absolute atomic E-state index is 13.0. The highest BCUT2D eigenvalue weighted by Crippen LogP contribution is 2.31. The van der Waals surface area contributed by atoms with E-state index in [0.29, 0.717) is 13.0 Å². The van der Waals surface area contributed by atoms with Gasteiger partial charge in [0, 0.05) is 50.2 Å². The van der Waals surface area contributed by atoms with Gasteiger partial charge in [-0.05, 0) is 42.8 Å². The number of para-hydroxylation sites is 1. The summed E-state index contributed by atoms with van der Waals surface area (Å²) < 4.78 is 7.52. The number of thiophene rings is 1. The number of ether oxygens (including phenoxy) is 1. The molecule has 0 aliphatic carbocycles. The van der Waals surface area contributed by atoms with Gasteiger partial charge in [0.1, 0.15) is 11.6 Å². The number of aromatic nitrogens is 4. The van der Waals surface area contributed by atoms with Gasteiger partial charge < -0.3 is 14.5 Å². The Hall–Kier alpha value is -3.30. The Morgan fingerprint density at radius 2 is 1.86 bits per heavy atom. The number of amides is 1. The zero-order chi connectivity index (χ0) is 24.3. The SMILES string of the molecule is O=C(Cc1cccs1)N1CCCN(c2nc(C3CCOCC3)nc3c2cnn3-c2ccccc2)CC1. The number of hydrogen-bond acceptors (Lipinski definition) is 7. The van der Waals surface area contributed by atoms with Gasteiger partial charge >= 0.3 is 0 Å². The second-order valence-electron chi connectivity index (χ2n) is 9.40. The van der Waals surface area contributed by atoms with Crippen LogP contribution in [0.1, 0.15) is 35.9 Å². The van der Waals surface area contributed by atoms with Crippen LogP contribution in [-0.4, -0.2) is 69.9 Å². The van der Waals surface area contributed by atoms with Gasteiger partial charge in [-0.25, -0.2) is 14.6 Å². The quantitative estimate of drug-likeness (QED) is 0.410. The van der Waals surface area contributed by atoms with Crippen molar-refractivity contribution in [3.63, 3.8) is 0 Å². The number of carbonyl (C=O) groups excluding carboxylic acids is 1. The first-order chi connectivity index (χ1) is 17.8. The first-order valence-electron chi connectivity index (χ1n) is 12.7. The lowest BCUT2D eigenvalue weighted by Crippen LogP contribution is -2.36. The second kappa shape index (κ2) is 10.4. The average molecular weight is 503 g/mol. The highest BCUT2D eigenvalue weighted by Gasteiger charge is 2.26. The van der Waals surface area contributed by atoms with Crippen LogP contribution in [0.15, 0.2) is 54.0 Å². The van der Waals surface area contributed by atoms with E-state index in [1.54, 1.807) is 11.3 Å². The van der Waals surface area contributed by atoms with Crippen molar-refractivity contribution in [2.75, 3.05) is 44.3 Å². The smallest absolute Gasteiger partial charge is 0.227 e. The summed E-state index contributed by atoms with van der Waals surface area (Å²) in [6.07, 6.45) is 5.12. The fraction of sp³-hybridized carbons (Fsp3) is 0.407.